The summed E-state index contributed by atoms with van der Waals surface area (Å²) in [6, 6.07) is 0. The Bertz CT molecular complexity index is 228. The van der Waals surface area contributed by atoms with Crippen LogP contribution >= 0.6 is 10.9 Å². The molecule has 1 aliphatic rings. The summed E-state index contributed by atoms with van der Waals surface area (Å²) in [5, 5.41) is 1.38. The van der Waals surface area contributed by atoms with Gasteiger partial charge in [-0.05, 0) is 37.9 Å². The standard InChI is InChI=1S/C10H19NS/c1-5-6-7-12-9(3)8(2)11-10(12)4/h12H,5-7H2,1-4H3. The molecule has 1 atom stereocenters. The largest absolute Gasteiger partial charge is 0.252 e. The predicted molar refractivity (Wildman–Crippen MR) is 60.2 cm³/mol. The van der Waals surface area contributed by atoms with Crippen molar-refractivity contribution in [3.8, 4) is 0 Å². The van der Waals surface area contributed by atoms with Gasteiger partial charge in [0.1, 0.15) is 0 Å². The van der Waals surface area contributed by atoms with Crippen molar-refractivity contribution in [1.82, 2.24) is 0 Å². The molecule has 70 valence electrons. The Morgan fingerprint density at radius 1 is 1.25 bits per heavy atom. The van der Waals surface area contributed by atoms with E-state index in [0.29, 0.717) is 0 Å². The number of thiol groups is 1. The van der Waals surface area contributed by atoms with Gasteiger partial charge in [-0.15, -0.1) is 0 Å². The molecule has 1 unspecified atom stereocenters. The first kappa shape index (κ1) is 9.85. The van der Waals surface area contributed by atoms with E-state index in [-0.39, 0.29) is 10.9 Å². The summed E-state index contributed by atoms with van der Waals surface area (Å²) in [6.45, 7) is 8.81. The minimum atomic E-state index is 0.0168. The summed E-state index contributed by atoms with van der Waals surface area (Å²) in [5.41, 5.74) is 1.27. The van der Waals surface area contributed by atoms with Crippen LogP contribution in [-0.4, -0.2) is 10.8 Å². The molecule has 2 heteroatoms. The zero-order chi connectivity index (χ0) is 9.14. The van der Waals surface area contributed by atoms with Gasteiger partial charge in [0.25, 0.3) is 0 Å². The molecule has 1 nitrogen and oxygen atoms in total. The van der Waals surface area contributed by atoms with Crippen molar-refractivity contribution in [2.45, 2.75) is 40.5 Å². The van der Waals surface area contributed by atoms with Gasteiger partial charge in [0, 0.05) is 5.70 Å². The summed E-state index contributed by atoms with van der Waals surface area (Å²) in [7, 11) is 0.0168. The number of hydrogen-bond acceptors (Lipinski definition) is 1. The van der Waals surface area contributed by atoms with Crippen LogP contribution in [0.5, 0.6) is 0 Å². The van der Waals surface area contributed by atoms with Gasteiger partial charge in [-0.25, -0.2) is 0 Å². The molecule has 0 saturated heterocycles. The van der Waals surface area contributed by atoms with Gasteiger partial charge >= 0.3 is 0 Å². The van der Waals surface area contributed by atoms with Gasteiger partial charge in [0.05, 0.1) is 5.04 Å². The quantitative estimate of drug-likeness (QED) is 0.646. The summed E-state index contributed by atoms with van der Waals surface area (Å²) in [5.74, 6) is 1.35. The molecule has 1 rings (SSSR count). The van der Waals surface area contributed by atoms with Crippen molar-refractivity contribution in [3.05, 3.63) is 10.6 Å². The molecule has 0 fully saturated rings. The van der Waals surface area contributed by atoms with Gasteiger partial charge in [-0.1, -0.05) is 13.3 Å². The smallest absolute Gasteiger partial charge is 0.0546 e. The fraction of sp³-hybridized carbons (Fsp3) is 0.700. The second-order valence-electron chi connectivity index (χ2n) is 3.34. The van der Waals surface area contributed by atoms with Crippen LogP contribution < -0.4 is 0 Å². The minimum Gasteiger partial charge on any atom is -0.252 e. The van der Waals surface area contributed by atoms with Crippen molar-refractivity contribution in [1.29, 1.82) is 0 Å². The van der Waals surface area contributed by atoms with E-state index in [1.807, 2.05) is 0 Å². The van der Waals surface area contributed by atoms with E-state index < -0.39 is 0 Å². The number of allylic oxidation sites excluding steroid dienone is 2. The fourth-order valence-electron chi connectivity index (χ4n) is 1.47. The Hall–Kier alpha value is -0.240. The highest BCUT2D eigenvalue weighted by Gasteiger charge is 2.16. The van der Waals surface area contributed by atoms with Gasteiger partial charge < -0.3 is 0 Å². The van der Waals surface area contributed by atoms with Crippen LogP contribution in [0.15, 0.2) is 15.6 Å². The van der Waals surface area contributed by atoms with E-state index in [1.165, 1.54) is 29.3 Å². The average Bonchev–Trinajstić information content (AvgIpc) is 2.25. The van der Waals surface area contributed by atoms with Crippen LogP contribution in [-0.2, 0) is 0 Å². The summed E-state index contributed by atoms with van der Waals surface area (Å²) < 4.78 is 0. The molecule has 0 aromatic rings. The summed E-state index contributed by atoms with van der Waals surface area (Å²) >= 11 is 0. The lowest BCUT2D eigenvalue weighted by Crippen LogP contribution is -1.95. The maximum absolute atomic E-state index is 4.53. The molecule has 0 aliphatic carbocycles. The Labute approximate surface area is 78.3 Å². The lowest BCUT2D eigenvalue weighted by molar-refractivity contribution is 0.896. The van der Waals surface area contributed by atoms with Crippen LogP contribution in [0.4, 0.5) is 0 Å². The maximum atomic E-state index is 4.53. The van der Waals surface area contributed by atoms with Crippen molar-refractivity contribution in [2.24, 2.45) is 4.99 Å². The predicted octanol–water partition coefficient (Wildman–Crippen LogP) is 3.47. The molecule has 0 aromatic carbocycles. The first-order chi connectivity index (χ1) is 5.66. The molecule has 0 aromatic heterocycles. The second-order valence-corrected chi connectivity index (χ2v) is 5.96. The molecule has 12 heavy (non-hydrogen) atoms. The monoisotopic (exact) mass is 185 g/mol. The molecule has 1 aliphatic heterocycles. The highest BCUT2D eigenvalue weighted by molar-refractivity contribution is 8.33. The number of hydrogen-bond donors (Lipinski definition) is 1. The Morgan fingerprint density at radius 3 is 2.33 bits per heavy atom. The molecule has 1 heterocycles. The van der Waals surface area contributed by atoms with Crippen molar-refractivity contribution in [2.75, 3.05) is 5.75 Å². The number of aliphatic imine (C=N–C) groups is 1. The number of unbranched alkanes of at least 4 members (excludes halogenated alkanes) is 1. The maximum Gasteiger partial charge on any atom is 0.0546 e. The normalized spacial score (nSPS) is 26.3. The van der Waals surface area contributed by atoms with Crippen LogP contribution in [0.2, 0.25) is 0 Å². The van der Waals surface area contributed by atoms with E-state index in [2.05, 4.69) is 32.7 Å². The van der Waals surface area contributed by atoms with Gasteiger partial charge in [-0.3, -0.25) is 4.99 Å². The molecule has 0 saturated carbocycles. The summed E-state index contributed by atoms with van der Waals surface area (Å²) in [4.78, 5) is 6.08. The highest BCUT2D eigenvalue weighted by Crippen LogP contribution is 2.44. The lowest BCUT2D eigenvalue weighted by atomic mass is 10.4. The first-order valence-electron chi connectivity index (χ1n) is 4.67. The van der Waals surface area contributed by atoms with Gasteiger partial charge in [-0.2, -0.15) is 10.9 Å². The van der Waals surface area contributed by atoms with Crippen molar-refractivity contribution < 1.29 is 0 Å². The van der Waals surface area contributed by atoms with Crippen molar-refractivity contribution in [3.63, 3.8) is 0 Å². The third-order valence-electron chi connectivity index (χ3n) is 2.38. The van der Waals surface area contributed by atoms with Crippen molar-refractivity contribution >= 4 is 15.9 Å². The average molecular weight is 185 g/mol. The molecule has 0 bridgehead atoms. The molecule has 0 amide bonds. The number of nitrogens with zero attached hydrogens (tertiary/aromatic N) is 1. The molecule has 0 radical (unpaired) electrons. The Morgan fingerprint density at radius 2 is 1.92 bits per heavy atom. The van der Waals surface area contributed by atoms with Crippen LogP contribution in [0.25, 0.3) is 0 Å². The molecule has 0 spiro atoms. The second kappa shape index (κ2) is 4.13. The molecular formula is C10H19NS. The van der Waals surface area contributed by atoms with Crippen LogP contribution in [0.1, 0.15) is 40.5 Å². The fourth-order valence-corrected chi connectivity index (χ4v) is 3.96. The topological polar surface area (TPSA) is 12.4 Å². The van der Waals surface area contributed by atoms with Crippen LogP contribution in [0, 0.1) is 0 Å². The third-order valence-corrected chi connectivity index (χ3v) is 5.16. The SMILES string of the molecule is CCCC[SH]1C(C)=NC(C)=C1C. The highest BCUT2D eigenvalue weighted by atomic mass is 32.2. The van der Waals surface area contributed by atoms with E-state index in [4.69, 9.17) is 0 Å². The van der Waals surface area contributed by atoms with Crippen LogP contribution in [0.3, 0.4) is 0 Å². The first-order valence-corrected chi connectivity index (χ1v) is 6.19. The lowest BCUT2D eigenvalue weighted by Gasteiger charge is -2.16. The van der Waals surface area contributed by atoms with E-state index in [9.17, 15) is 0 Å². The Kier molecular flexibility index (Phi) is 3.39. The van der Waals surface area contributed by atoms with E-state index >= 15 is 0 Å². The summed E-state index contributed by atoms with van der Waals surface area (Å²) in [6.07, 6.45) is 2.65. The van der Waals surface area contributed by atoms with Gasteiger partial charge in [0.2, 0.25) is 0 Å². The minimum absolute atomic E-state index is 0.0168. The van der Waals surface area contributed by atoms with Gasteiger partial charge in [0.15, 0.2) is 0 Å². The third kappa shape index (κ3) is 1.92. The number of rotatable bonds is 3. The molecule has 0 N–H and O–H groups in total. The zero-order valence-electron chi connectivity index (χ0n) is 8.52. The molecular weight excluding hydrogens is 166 g/mol. The Balaban J connectivity index is 2.60. The van der Waals surface area contributed by atoms with E-state index in [0.717, 1.165) is 0 Å². The van der Waals surface area contributed by atoms with E-state index in [1.54, 1.807) is 4.91 Å². The zero-order valence-corrected chi connectivity index (χ0v) is 9.41.